The van der Waals surface area contributed by atoms with Gasteiger partial charge < -0.3 is 5.11 Å². The molecule has 0 fully saturated rings. The fraction of sp³-hybridized carbons (Fsp3) is 0.231. The number of aryl methyl sites for hydroxylation is 1. The molecule has 0 amide bonds. The third-order valence-electron chi connectivity index (χ3n) is 2.63. The molecule has 1 heterocycles. The standard InChI is InChI=1S/C13H11BrF2OS/c1-7-10(14)6-13(18-7)12(17)5-8-4-9(15)2-3-11(8)16/h2-4,6,12,17H,5H2,1H3. The molecular weight excluding hydrogens is 322 g/mol. The fourth-order valence-electron chi connectivity index (χ4n) is 1.65. The molecule has 0 radical (unpaired) electrons. The van der Waals surface area contributed by atoms with E-state index in [2.05, 4.69) is 15.9 Å². The molecule has 1 aromatic carbocycles. The number of benzene rings is 1. The predicted molar refractivity (Wildman–Crippen MR) is 71.8 cm³/mol. The molecule has 96 valence electrons. The first-order valence-corrected chi connectivity index (χ1v) is 6.96. The third-order valence-corrected chi connectivity index (χ3v) is 4.86. The maximum Gasteiger partial charge on any atom is 0.126 e. The van der Waals surface area contributed by atoms with Crippen LogP contribution in [-0.2, 0) is 6.42 Å². The SMILES string of the molecule is Cc1sc(C(O)Cc2cc(F)ccc2F)cc1Br. The molecule has 2 rings (SSSR count). The maximum atomic E-state index is 13.4. The summed E-state index contributed by atoms with van der Waals surface area (Å²) in [5.41, 5.74) is 0.185. The zero-order valence-corrected chi connectivity index (χ0v) is 12.0. The Bertz CT molecular complexity index is 549. The number of halogens is 3. The van der Waals surface area contributed by atoms with Gasteiger partial charge in [0.1, 0.15) is 11.6 Å². The average molecular weight is 333 g/mol. The van der Waals surface area contributed by atoms with Gasteiger partial charge in [0, 0.05) is 20.6 Å². The van der Waals surface area contributed by atoms with Gasteiger partial charge in [0.05, 0.1) is 6.10 Å². The molecule has 5 heteroatoms. The Hall–Kier alpha value is -0.780. The molecule has 0 saturated heterocycles. The minimum Gasteiger partial charge on any atom is -0.387 e. The number of hydrogen-bond donors (Lipinski definition) is 1. The van der Waals surface area contributed by atoms with Crippen LogP contribution in [0.2, 0.25) is 0 Å². The van der Waals surface area contributed by atoms with Gasteiger partial charge in [-0.3, -0.25) is 0 Å². The second kappa shape index (κ2) is 5.47. The predicted octanol–water partition coefficient (Wildman–Crippen LogP) is 4.37. The molecule has 1 nitrogen and oxygen atoms in total. The van der Waals surface area contributed by atoms with Gasteiger partial charge in [-0.2, -0.15) is 0 Å². The lowest BCUT2D eigenvalue weighted by Crippen LogP contribution is -2.02. The molecule has 0 spiro atoms. The Morgan fingerprint density at radius 1 is 1.33 bits per heavy atom. The summed E-state index contributed by atoms with van der Waals surface area (Å²) in [6, 6.07) is 5.07. The highest BCUT2D eigenvalue weighted by Gasteiger charge is 2.15. The van der Waals surface area contributed by atoms with Crippen molar-refractivity contribution in [3.63, 3.8) is 0 Å². The normalized spacial score (nSPS) is 12.7. The van der Waals surface area contributed by atoms with E-state index in [4.69, 9.17) is 0 Å². The largest absolute Gasteiger partial charge is 0.387 e. The summed E-state index contributed by atoms with van der Waals surface area (Å²) in [4.78, 5) is 1.78. The van der Waals surface area contributed by atoms with Crippen molar-refractivity contribution in [3.05, 3.63) is 55.7 Å². The number of hydrogen-bond acceptors (Lipinski definition) is 2. The summed E-state index contributed by atoms with van der Waals surface area (Å²) in [6.45, 7) is 1.92. The van der Waals surface area contributed by atoms with Gasteiger partial charge in [0.25, 0.3) is 0 Å². The van der Waals surface area contributed by atoms with Crippen molar-refractivity contribution in [1.29, 1.82) is 0 Å². The van der Waals surface area contributed by atoms with Crippen LogP contribution in [0.3, 0.4) is 0 Å². The Morgan fingerprint density at radius 3 is 2.67 bits per heavy atom. The number of aliphatic hydroxyl groups excluding tert-OH is 1. The second-order valence-corrected chi connectivity index (χ2v) is 6.15. The minimum absolute atomic E-state index is 0.0655. The quantitative estimate of drug-likeness (QED) is 0.884. The smallest absolute Gasteiger partial charge is 0.126 e. The second-order valence-electron chi connectivity index (χ2n) is 4.01. The molecule has 1 aromatic heterocycles. The molecule has 1 unspecified atom stereocenters. The first kappa shape index (κ1) is 13.6. The molecule has 1 N–H and O–H groups in total. The third kappa shape index (κ3) is 2.96. The van der Waals surface area contributed by atoms with Crippen LogP contribution in [0.25, 0.3) is 0 Å². The Morgan fingerprint density at radius 2 is 2.06 bits per heavy atom. The maximum absolute atomic E-state index is 13.4. The van der Waals surface area contributed by atoms with Crippen molar-refractivity contribution in [3.8, 4) is 0 Å². The van der Waals surface area contributed by atoms with E-state index >= 15 is 0 Å². The van der Waals surface area contributed by atoms with E-state index < -0.39 is 17.7 Å². The van der Waals surface area contributed by atoms with Gasteiger partial charge >= 0.3 is 0 Å². The van der Waals surface area contributed by atoms with E-state index in [0.29, 0.717) is 0 Å². The zero-order chi connectivity index (χ0) is 13.3. The molecule has 18 heavy (non-hydrogen) atoms. The summed E-state index contributed by atoms with van der Waals surface area (Å²) in [6.07, 6.45) is -0.757. The molecule has 2 aromatic rings. The molecule has 0 bridgehead atoms. The first-order valence-electron chi connectivity index (χ1n) is 5.35. The van der Waals surface area contributed by atoms with Gasteiger partial charge in [0.2, 0.25) is 0 Å². The van der Waals surface area contributed by atoms with Crippen LogP contribution in [0.4, 0.5) is 8.78 Å². The van der Waals surface area contributed by atoms with Crippen LogP contribution in [0, 0.1) is 18.6 Å². The summed E-state index contributed by atoms with van der Waals surface area (Å²) >= 11 is 4.80. The Labute approximate surface area is 116 Å². The fourth-order valence-corrected chi connectivity index (χ4v) is 3.20. The van der Waals surface area contributed by atoms with Gasteiger partial charge in [-0.1, -0.05) is 0 Å². The van der Waals surface area contributed by atoms with Gasteiger partial charge in [-0.05, 0) is 52.7 Å². The van der Waals surface area contributed by atoms with Crippen LogP contribution in [0.15, 0.2) is 28.7 Å². The molecule has 1 atom stereocenters. The van der Waals surface area contributed by atoms with Crippen LogP contribution in [-0.4, -0.2) is 5.11 Å². The van der Waals surface area contributed by atoms with E-state index in [1.54, 1.807) is 0 Å². The van der Waals surface area contributed by atoms with Gasteiger partial charge in [-0.25, -0.2) is 8.78 Å². The summed E-state index contributed by atoms with van der Waals surface area (Å²) in [5, 5.41) is 10.0. The average Bonchev–Trinajstić information content (AvgIpc) is 2.64. The molecule has 0 aliphatic heterocycles. The highest BCUT2D eigenvalue weighted by molar-refractivity contribution is 9.10. The highest BCUT2D eigenvalue weighted by Crippen LogP contribution is 2.32. The topological polar surface area (TPSA) is 20.2 Å². The van der Waals surface area contributed by atoms with Crippen LogP contribution in [0.1, 0.15) is 21.4 Å². The minimum atomic E-state index is -0.823. The number of thiophene rings is 1. The summed E-state index contributed by atoms with van der Waals surface area (Å²) < 4.78 is 27.4. The Balaban J connectivity index is 2.20. The summed E-state index contributed by atoms with van der Waals surface area (Å²) in [5.74, 6) is -0.995. The van der Waals surface area contributed by atoms with Crippen molar-refractivity contribution < 1.29 is 13.9 Å². The molecule has 0 aliphatic carbocycles. The van der Waals surface area contributed by atoms with Crippen LogP contribution in [0.5, 0.6) is 0 Å². The zero-order valence-electron chi connectivity index (χ0n) is 9.58. The lowest BCUT2D eigenvalue weighted by molar-refractivity contribution is 0.181. The highest BCUT2D eigenvalue weighted by atomic mass is 79.9. The van der Waals surface area contributed by atoms with E-state index in [1.165, 1.54) is 11.3 Å². The Kier molecular flexibility index (Phi) is 4.14. The molecular formula is C13H11BrF2OS. The van der Waals surface area contributed by atoms with Gasteiger partial charge in [-0.15, -0.1) is 11.3 Å². The van der Waals surface area contributed by atoms with E-state index in [0.717, 1.165) is 32.4 Å². The van der Waals surface area contributed by atoms with E-state index in [9.17, 15) is 13.9 Å². The van der Waals surface area contributed by atoms with Crippen molar-refractivity contribution in [2.45, 2.75) is 19.4 Å². The number of rotatable bonds is 3. The molecule has 0 aliphatic rings. The van der Waals surface area contributed by atoms with Gasteiger partial charge in [0.15, 0.2) is 0 Å². The monoisotopic (exact) mass is 332 g/mol. The van der Waals surface area contributed by atoms with Crippen molar-refractivity contribution in [1.82, 2.24) is 0 Å². The van der Waals surface area contributed by atoms with E-state index in [-0.39, 0.29) is 12.0 Å². The van der Waals surface area contributed by atoms with Crippen molar-refractivity contribution in [2.75, 3.05) is 0 Å². The lowest BCUT2D eigenvalue weighted by Gasteiger charge is -2.09. The van der Waals surface area contributed by atoms with Crippen molar-refractivity contribution >= 4 is 27.3 Å². The lowest BCUT2D eigenvalue weighted by atomic mass is 10.1. The van der Waals surface area contributed by atoms with E-state index in [1.807, 2.05) is 13.0 Å². The van der Waals surface area contributed by atoms with Crippen molar-refractivity contribution in [2.24, 2.45) is 0 Å². The van der Waals surface area contributed by atoms with Crippen LogP contribution >= 0.6 is 27.3 Å². The summed E-state index contributed by atoms with van der Waals surface area (Å²) in [7, 11) is 0. The van der Waals surface area contributed by atoms with Crippen LogP contribution < -0.4 is 0 Å². The molecule has 0 saturated carbocycles. The number of aliphatic hydroxyl groups is 1. The first-order chi connectivity index (χ1) is 8.47.